The van der Waals surface area contributed by atoms with E-state index in [1.165, 1.54) is 0 Å². The molecule has 130 valence electrons. The molecule has 0 aromatic heterocycles. The lowest BCUT2D eigenvalue weighted by atomic mass is 9.67. The fraction of sp³-hybridized carbons (Fsp3) is 0.476. The molecular weight excluding hydrogens is 300 g/mol. The van der Waals surface area contributed by atoms with E-state index < -0.39 is 5.41 Å². The Bertz CT molecular complexity index is 612. The second kappa shape index (κ2) is 8.18. The summed E-state index contributed by atoms with van der Waals surface area (Å²) in [6.45, 7) is 8.79. The van der Waals surface area contributed by atoms with Gasteiger partial charge in [0.15, 0.2) is 5.78 Å². The average molecular weight is 328 g/mol. The molecule has 1 unspecified atom stereocenters. The lowest BCUT2D eigenvalue weighted by Crippen LogP contribution is -2.36. The number of methoxy groups -OCH3 is 1. The van der Waals surface area contributed by atoms with Gasteiger partial charge in [0, 0.05) is 17.9 Å². The highest BCUT2D eigenvalue weighted by Gasteiger charge is 2.40. The summed E-state index contributed by atoms with van der Waals surface area (Å²) >= 11 is 0. The molecule has 1 aliphatic carbocycles. The quantitative estimate of drug-likeness (QED) is 0.639. The molecular formula is C21H28O3. The molecule has 1 aliphatic rings. The summed E-state index contributed by atoms with van der Waals surface area (Å²) in [7, 11) is 1.66. The van der Waals surface area contributed by atoms with Gasteiger partial charge in [-0.3, -0.25) is 4.79 Å². The van der Waals surface area contributed by atoms with Crippen molar-refractivity contribution in [3.8, 4) is 5.75 Å². The van der Waals surface area contributed by atoms with E-state index in [0.29, 0.717) is 6.61 Å². The van der Waals surface area contributed by atoms with Crippen LogP contribution in [0.4, 0.5) is 0 Å². The summed E-state index contributed by atoms with van der Waals surface area (Å²) in [5.41, 5.74) is 1.88. The highest BCUT2D eigenvalue weighted by Crippen LogP contribution is 2.41. The van der Waals surface area contributed by atoms with Crippen LogP contribution in [0.2, 0.25) is 0 Å². The predicted molar refractivity (Wildman–Crippen MR) is 97.1 cm³/mol. The van der Waals surface area contributed by atoms with Crippen LogP contribution in [0.3, 0.4) is 0 Å². The molecule has 1 aromatic carbocycles. The number of rotatable bonds is 8. The first-order valence-electron chi connectivity index (χ1n) is 8.70. The van der Waals surface area contributed by atoms with Crippen LogP contribution in [-0.2, 0) is 16.0 Å². The third-order valence-corrected chi connectivity index (χ3v) is 4.78. The lowest BCUT2D eigenvalue weighted by molar-refractivity contribution is -0.125. The minimum absolute atomic E-state index is 0.169. The summed E-state index contributed by atoms with van der Waals surface area (Å²) in [6, 6.07) is 7.99. The maximum Gasteiger partial charge on any atom is 0.165 e. The molecule has 1 aromatic rings. The van der Waals surface area contributed by atoms with Gasteiger partial charge >= 0.3 is 0 Å². The molecule has 0 N–H and O–H groups in total. The molecule has 1 atom stereocenters. The molecule has 3 heteroatoms. The third kappa shape index (κ3) is 4.28. The Morgan fingerprint density at radius 1 is 1.25 bits per heavy atom. The highest BCUT2D eigenvalue weighted by molar-refractivity contribution is 5.96. The second-order valence-electron chi connectivity index (χ2n) is 6.49. The van der Waals surface area contributed by atoms with E-state index in [1.807, 2.05) is 31.2 Å². The van der Waals surface area contributed by atoms with Crippen LogP contribution in [0.15, 0.2) is 48.3 Å². The van der Waals surface area contributed by atoms with Gasteiger partial charge in [0.25, 0.3) is 0 Å². The summed E-state index contributed by atoms with van der Waals surface area (Å²) in [5, 5.41) is 0. The van der Waals surface area contributed by atoms with Gasteiger partial charge < -0.3 is 9.47 Å². The molecule has 0 saturated carbocycles. The molecule has 0 fully saturated rings. The van der Waals surface area contributed by atoms with Crippen LogP contribution in [0.5, 0.6) is 5.75 Å². The van der Waals surface area contributed by atoms with E-state index in [9.17, 15) is 4.79 Å². The van der Waals surface area contributed by atoms with Crippen molar-refractivity contribution in [2.45, 2.75) is 46.0 Å². The minimum atomic E-state index is -0.401. The maximum absolute atomic E-state index is 13.0. The number of hydrogen-bond acceptors (Lipinski definition) is 3. The Morgan fingerprint density at radius 3 is 2.50 bits per heavy atom. The zero-order chi connectivity index (χ0) is 17.6. The summed E-state index contributed by atoms with van der Waals surface area (Å²) < 4.78 is 10.8. The van der Waals surface area contributed by atoms with E-state index in [1.54, 1.807) is 13.2 Å². The molecule has 0 saturated heterocycles. The van der Waals surface area contributed by atoms with E-state index in [2.05, 4.69) is 13.5 Å². The standard InChI is InChI=1S/C21H28O3/c1-5-16(3)14-21(12-11-19(24-6-2)13-20(21)22)15-17-7-9-18(23-4)10-8-17/h7-10,13H,3,5-6,11-12,14-15H2,1-2,4H3. The molecule has 0 bridgehead atoms. The van der Waals surface area contributed by atoms with Gasteiger partial charge in [-0.2, -0.15) is 0 Å². The second-order valence-corrected chi connectivity index (χ2v) is 6.49. The number of benzene rings is 1. The van der Waals surface area contributed by atoms with Crippen molar-refractivity contribution in [3.63, 3.8) is 0 Å². The van der Waals surface area contributed by atoms with E-state index >= 15 is 0 Å². The first-order valence-corrected chi connectivity index (χ1v) is 8.70. The van der Waals surface area contributed by atoms with Gasteiger partial charge in [0.1, 0.15) is 5.75 Å². The third-order valence-electron chi connectivity index (χ3n) is 4.78. The van der Waals surface area contributed by atoms with Gasteiger partial charge in [-0.15, -0.1) is 0 Å². The van der Waals surface area contributed by atoms with E-state index in [4.69, 9.17) is 9.47 Å². The molecule has 0 aliphatic heterocycles. The van der Waals surface area contributed by atoms with Crippen LogP contribution >= 0.6 is 0 Å². The molecule has 0 amide bonds. The fourth-order valence-corrected chi connectivity index (χ4v) is 3.31. The van der Waals surface area contributed by atoms with Crippen molar-refractivity contribution in [2.24, 2.45) is 5.41 Å². The van der Waals surface area contributed by atoms with Crippen LogP contribution in [0.1, 0.15) is 45.1 Å². The fourth-order valence-electron chi connectivity index (χ4n) is 3.31. The van der Waals surface area contributed by atoms with Gasteiger partial charge in [0.2, 0.25) is 0 Å². The molecule has 3 nitrogen and oxygen atoms in total. The van der Waals surface area contributed by atoms with Crippen molar-refractivity contribution >= 4 is 5.78 Å². The van der Waals surface area contributed by atoms with Crippen LogP contribution in [0, 0.1) is 5.41 Å². The number of ketones is 1. The Morgan fingerprint density at radius 2 is 1.96 bits per heavy atom. The summed E-state index contributed by atoms with van der Waals surface area (Å²) in [6.07, 6.45) is 5.70. The maximum atomic E-state index is 13.0. The van der Waals surface area contributed by atoms with E-state index in [0.717, 1.165) is 54.7 Å². The Kier molecular flexibility index (Phi) is 6.24. The number of allylic oxidation sites excluding steroid dienone is 3. The Hall–Kier alpha value is -2.03. The number of carbonyl (C=O) groups is 1. The molecule has 0 spiro atoms. The number of ether oxygens (including phenoxy) is 2. The van der Waals surface area contributed by atoms with Crippen molar-refractivity contribution < 1.29 is 14.3 Å². The lowest BCUT2D eigenvalue weighted by Gasteiger charge is -2.35. The first kappa shape index (κ1) is 18.3. The molecule has 24 heavy (non-hydrogen) atoms. The van der Waals surface area contributed by atoms with Gasteiger partial charge in [-0.25, -0.2) is 0 Å². The Labute approximate surface area is 145 Å². The molecule has 2 rings (SSSR count). The number of hydrogen-bond donors (Lipinski definition) is 0. The van der Waals surface area contributed by atoms with Gasteiger partial charge in [-0.05, 0) is 50.3 Å². The van der Waals surface area contributed by atoms with Crippen LogP contribution in [0.25, 0.3) is 0 Å². The Balaban J connectivity index is 2.27. The van der Waals surface area contributed by atoms with Crippen molar-refractivity contribution in [3.05, 3.63) is 53.8 Å². The molecule has 0 radical (unpaired) electrons. The largest absolute Gasteiger partial charge is 0.498 e. The van der Waals surface area contributed by atoms with Crippen molar-refractivity contribution in [2.75, 3.05) is 13.7 Å². The molecule has 0 heterocycles. The minimum Gasteiger partial charge on any atom is -0.498 e. The zero-order valence-corrected chi connectivity index (χ0v) is 15.1. The topological polar surface area (TPSA) is 35.5 Å². The first-order chi connectivity index (χ1) is 11.5. The van der Waals surface area contributed by atoms with Crippen LogP contribution < -0.4 is 4.74 Å². The van der Waals surface area contributed by atoms with Crippen molar-refractivity contribution in [1.82, 2.24) is 0 Å². The van der Waals surface area contributed by atoms with Crippen LogP contribution in [-0.4, -0.2) is 19.5 Å². The van der Waals surface area contributed by atoms with Crippen molar-refractivity contribution in [1.29, 1.82) is 0 Å². The highest BCUT2D eigenvalue weighted by atomic mass is 16.5. The zero-order valence-electron chi connectivity index (χ0n) is 15.1. The predicted octanol–water partition coefficient (Wildman–Crippen LogP) is 4.86. The van der Waals surface area contributed by atoms with E-state index in [-0.39, 0.29) is 5.78 Å². The van der Waals surface area contributed by atoms with Gasteiger partial charge in [-0.1, -0.05) is 31.2 Å². The normalized spacial score (nSPS) is 20.5. The smallest absolute Gasteiger partial charge is 0.165 e. The average Bonchev–Trinajstić information content (AvgIpc) is 2.59. The SMILES string of the molecule is C=C(CC)CC1(Cc2ccc(OC)cc2)CCC(OCC)=CC1=O. The number of carbonyl (C=O) groups excluding carboxylic acids is 1. The monoisotopic (exact) mass is 328 g/mol. The van der Waals surface area contributed by atoms with Gasteiger partial charge in [0.05, 0.1) is 19.5 Å². The summed E-state index contributed by atoms with van der Waals surface area (Å²) in [5.74, 6) is 1.82. The summed E-state index contributed by atoms with van der Waals surface area (Å²) in [4.78, 5) is 13.0.